The van der Waals surface area contributed by atoms with Gasteiger partial charge in [-0.2, -0.15) is 0 Å². The molecule has 1 aliphatic carbocycles. The Morgan fingerprint density at radius 3 is 2.59 bits per heavy atom. The van der Waals surface area contributed by atoms with Crippen molar-refractivity contribution in [2.45, 2.75) is 95.9 Å². The second-order valence-electron chi connectivity index (χ2n) is 9.22. The molecule has 0 radical (unpaired) electrons. The van der Waals surface area contributed by atoms with E-state index in [0.717, 1.165) is 30.9 Å². The first-order chi connectivity index (χ1) is 16.2. The topological polar surface area (TPSA) is 83.8 Å². The number of alkyl halides is 2. The largest absolute Gasteiger partial charge is 0.461 e. The van der Waals surface area contributed by atoms with E-state index in [1.165, 1.54) is 6.08 Å². The molecule has 1 aromatic rings. The molecule has 2 unspecified atom stereocenters. The number of hydrogen-bond acceptors (Lipinski definition) is 5. The summed E-state index contributed by atoms with van der Waals surface area (Å²) < 4.78 is 33.3. The molecule has 4 atom stereocenters. The number of benzene rings is 1. The molecule has 2 rings (SSSR count). The van der Waals surface area contributed by atoms with E-state index in [4.69, 9.17) is 4.74 Å². The lowest BCUT2D eigenvalue weighted by atomic mass is 9.88. The molecule has 1 fully saturated rings. The van der Waals surface area contributed by atoms with Gasteiger partial charge >= 0.3 is 5.97 Å². The molecule has 0 amide bonds. The summed E-state index contributed by atoms with van der Waals surface area (Å²) in [5, 5.41) is 20.1. The Morgan fingerprint density at radius 1 is 1.18 bits per heavy atom. The summed E-state index contributed by atoms with van der Waals surface area (Å²) in [6.45, 7) is 2.07. The molecule has 0 spiro atoms. The van der Waals surface area contributed by atoms with Crippen molar-refractivity contribution in [2.24, 2.45) is 11.8 Å². The number of aliphatic hydroxyl groups is 2. The van der Waals surface area contributed by atoms with Crippen molar-refractivity contribution in [3.8, 4) is 0 Å². The van der Waals surface area contributed by atoms with Crippen LogP contribution in [0.5, 0.6) is 0 Å². The molecular weight excluding hydrogens is 442 g/mol. The average Bonchev–Trinajstić information content (AvgIpc) is 3.09. The highest BCUT2D eigenvalue weighted by molar-refractivity contribution is 5.84. The van der Waals surface area contributed by atoms with E-state index in [-0.39, 0.29) is 24.8 Å². The van der Waals surface area contributed by atoms with E-state index < -0.39 is 36.4 Å². The Morgan fingerprint density at radius 2 is 1.88 bits per heavy atom. The van der Waals surface area contributed by atoms with Crippen molar-refractivity contribution in [1.29, 1.82) is 0 Å². The highest BCUT2D eigenvalue weighted by Gasteiger charge is 2.41. The number of carbonyl (C=O) groups is 2. The minimum Gasteiger partial charge on any atom is -0.461 e. The molecule has 34 heavy (non-hydrogen) atoms. The number of unbranched alkanes of at least 4 members (excludes halogenated alkanes) is 4. The number of ketones is 1. The first-order valence-corrected chi connectivity index (χ1v) is 12.4. The summed E-state index contributed by atoms with van der Waals surface area (Å²) in [7, 11) is 0. The van der Waals surface area contributed by atoms with E-state index in [0.29, 0.717) is 32.1 Å². The number of halogens is 2. The molecule has 0 heterocycles. The Hall–Kier alpha value is -2.12. The smallest absolute Gasteiger partial charge is 0.306 e. The fourth-order valence-electron chi connectivity index (χ4n) is 4.32. The number of carbonyl (C=O) groups excluding carboxylic acids is 2. The summed E-state index contributed by atoms with van der Waals surface area (Å²) in [5.74, 6) is -4.52. The van der Waals surface area contributed by atoms with Crippen molar-refractivity contribution < 1.29 is 33.3 Å². The maximum atomic E-state index is 14.0. The highest BCUT2D eigenvalue weighted by Crippen LogP contribution is 2.35. The Labute approximate surface area is 201 Å². The number of aliphatic hydroxyl groups excluding tert-OH is 2. The van der Waals surface area contributed by atoms with Crippen LogP contribution in [0, 0.1) is 11.8 Å². The fourth-order valence-corrected chi connectivity index (χ4v) is 4.32. The van der Waals surface area contributed by atoms with Crippen LogP contribution in [-0.2, 0) is 20.9 Å². The summed E-state index contributed by atoms with van der Waals surface area (Å²) in [5.41, 5.74) is 0.945. The second kappa shape index (κ2) is 14.3. The van der Waals surface area contributed by atoms with Gasteiger partial charge in [-0.3, -0.25) is 9.59 Å². The quantitative estimate of drug-likeness (QED) is 0.200. The lowest BCUT2D eigenvalue weighted by Crippen LogP contribution is -2.32. The number of rotatable bonds is 15. The highest BCUT2D eigenvalue weighted by atomic mass is 19.3. The van der Waals surface area contributed by atoms with Gasteiger partial charge in [0.2, 0.25) is 0 Å². The summed E-state index contributed by atoms with van der Waals surface area (Å²) >= 11 is 0. The lowest BCUT2D eigenvalue weighted by Gasteiger charge is -2.22. The monoisotopic (exact) mass is 480 g/mol. The van der Waals surface area contributed by atoms with Gasteiger partial charge in [0, 0.05) is 31.1 Å². The van der Waals surface area contributed by atoms with E-state index >= 15 is 0 Å². The van der Waals surface area contributed by atoms with Crippen molar-refractivity contribution in [2.75, 3.05) is 0 Å². The standard InChI is InChI=1S/C27H38F2O5/c1-2-3-17-27(28,29)25(32)16-15-22-21(23(30)18-24(22)31)13-9-4-5-10-14-26(33)34-19-20-11-7-6-8-12-20/h6-8,11-12,15-16,21-22,24-25,31-32H,2-5,9-10,13-14,17-19H2,1H3/t21?,22-,24-,25?/m1/s1. The summed E-state index contributed by atoms with van der Waals surface area (Å²) in [4.78, 5) is 24.2. The zero-order valence-electron chi connectivity index (χ0n) is 20.0. The third-order valence-electron chi connectivity index (χ3n) is 6.43. The van der Waals surface area contributed by atoms with Gasteiger partial charge in [0.1, 0.15) is 18.5 Å². The number of ether oxygens (including phenoxy) is 1. The maximum Gasteiger partial charge on any atom is 0.306 e. The molecule has 1 aliphatic rings. The molecule has 7 heteroatoms. The molecule has 0 bridgehead atoms. The van der Waals surface area contributed by atoms with Gasteiger partial charge < -0.3 is 14.9 Å². The fraction of sp³-hybridized carbons (Fsp3) is 0.630. The van der Waals surface area contributed by atoms with Crippen LogP contribution >= 0.6 is 0 Å². The third-order valence-corrected chi connectivity index (χ3v) is 6.43. The van der Waals surface area contributed by atoms with Crippen LogP contribution in [0.15, 0.2) is 42.5 Å². The van der Waals surface area contributed by atoms with Crippen molar-refractivity contribution in [3.05, 3.63) is 48.0 Å². The van der Waals surface area contributed by atoms with E-state index in [1.54, 1.807) is 6.92 Å². The van der Waals surface area contributed by atoms with Gasteiger partial charge in [-0.25, -0.2) is 8.78 Å². The molecule has 5 nitrogen and oxygen atoms in total. The molecule has 0 aliphatic heterocycles. The van der Waals surface area contributed by atoms with Crippen molar-refractivity contribution in [3.63, 3.8) is 0 Å². The number of hydrogen-bond donors (Lipinski definition) is 2. The summed E-state index contributed by atoms with van der Waals surface area (Å²) in [6.07, 6.45) is 4.08. The maximum absolute atomic E-state index is 14.0. The molecule has 1 saturated carbocycles. The van der Waals surface area contributed by atoms with Gasteiger partial charge in [0.05, 0.1) is 6.10 Å². The van der Waals surface area contributed by atoms with Crippen molar-refractivity contribution >= 4 is 11.8 Å². The second-order valence-corrected chi connectivity index (χ2v) is 9.22. The lowest BCUT2D eigenvalue weighted by molar-refractivity contribution is -0.145. The van der Waals surface area contributed by atoms with Gasteiger partial charge in [-0.05, 0) is 24.8 Å². The van der Waals surface area contributed by atoms with E-state index in [2.05, 4.69) is 0 Å². The van der Waals surface area contributed by atoms with Crippen LogP contribution in [0.25, 0.3) is 0 Å². The first kappa shape index (κ1) is 28.1. The van der Waals surface area contributed by atoms with Gasteiger partial charge in [-0.1, -0.05) is 75.1 Å². The Balaban J connectivity index is 1.70. The minimum atomic E-state index is -3.22. The number of esters is 1. The molecule has 2 N–H and O–H groups in total. The molecule has 0 saturated heterocycles. The Kier molecular flexibility index (Phi) is 11.8. The zero-order chi connectivity index (χ0) is 25.0. The van der Waals surface area contributed by atoms with E-state index in [9.17, 15) is 28.6 Å². The Bertz CT molecular complexity index is 780. The van der Waals surface area contributed by atoms with Gasteiger partial charge in [0.25, 0.3) is 5.92 Å². The minimum absolute atomic E-state index is 0.00918. The van der Waals surface area contributed by atoms with Crippen LogP contribution in [0.4, 0.5) is 8.78 Å². The van der Waals surface area contributed by atoms with E-state index in [1.807, 2.05) is 30.3 Å². The normalized spacial score (nSPS) is 21.8. The van der Waals surface area contributed by atoms with Crippen LogP contribution in [0.1, 0.15) is 76.7 Å². The average molecular weight is 481 g/mol. The molecule has 0 aromatic heterocycles. The van der Waals surface area contributed by atoms with Crippen LogP contribution in [-0.4, -0.2) is 40.1 Å². The SMILES string of the molecule is CCCCC(F)(F)C(O)C=C[C@@H]1C(CCCCCCC(=O)OCc2ccccc2)C(=O)C[C@H]1O. The predicted octanol–water partition coefficient (Wildman–Crippen LogP) is 5.38. The van der Waals surface area contributed by atoms with Crippen LogP contribution in [0.3, 0.4) is 0 Å². The molecule has 1 aromatic carbocycles. The predicted molar refractivity (Wildman–Crippen MR) is 126 cm³/mol. The molecular formula is C27H38F2O5. The number of Topliss-reactive ketones (excluding diaryl/α,β-unsaturated/α-hetero) is 1. The van der Waals surface area contributed by atoms with Gasteiger partial charge in [-0.15, -0.1) is 0 Å². The van der Waals surface area contributed by atoms with Crippen LogP contribution < -0.4 is 0 Å². The van der Waals surface area contributed by atoms with Gasteiger partial charge in [0.15, 0.2) is 0 Å². The van der Waals surface area contributed by atoms with Crippen molar-refractivity contribution in [1.82, 2.24) is 0 Å². The first-order valence-electron chi connectivity index (χ1n) is 12.4. The zero-order valence-corrected chi connectivity index (χ0v) is 20.0. The summed E-state index contributed by atoms with van der Waals surface area (Å²) in [6, 6.07) is 9.48. The van der Waals surface area contributed by atoms with Crippen LogP contribution in [0.2, 0.25) is 0 Å². The third kappa shape index (κ3) is 9.26. The molecule has 190 valence electrons.